The van der Waals surface area contributed by atoms with E-state index in [9.17, 15) is 33.9 Å². The van der Waals surface area contributed by atoms with Crippen LogP contribution in [0.5, 0.6) is 5.75 Å². The molecule has 1 aromatic rings. The molecule has 214 valence electrons. The lowest BCUT2D eigenvalue weighted by molar-refractivity contribution is -0.137. The molecule has 2 heterocycles. The number of aryl methyl sites for hydroxylation is 1. The Bertz CT molecular complexity index is 1170. The summed E-state index contributed by atoms with van der Waals surface area (Å²) in [5.74, 6) is -2.10. The van der Waals surface area contributed by atoms with Crippen LogP contribution in [-0.4, -0.2) is 63.7 Å². The van der Waals surface area contributed by atoms with Crippen LogP contribution in [0.1, 0.15) is 63.8 Å². The fourth-order valence-corrected chi connectivity index (χ4v) is 4.31. The molecule has 0 saturated carbocycles. The molecule has 1 aliphatic rings. The van der Waals surface area contributed by atoms with Gasteiger partial charge in [-0.1, -0.05) is 13.8 Å². The molecule has 0 atom stereocenters. The fraction of sp³-hybridized carbons (Fsp3) is 0.556. The van der Waals surface area contributed by atoms with E-state index in [0.29, 0.717) is 24.4 Å². The number of nitrogens with one attached hydrogen (secondary N) is 3. The number of hydrogen-bond donors (Lipinski definition) is 4. The summed E-state index contributed by atoms with van der Waals surface area (Å²) in [6, 6.07) is 1.33. The molecule has 0 fully saturated rings. The molecule has 4 N–H and O–H groups in total. The molecular formula is C27H39N5O7. The first-order valence-electron chi connectivity index (χ1n) is 13.1. The van der Waals surface area contributed by atoms with Crippen LogP contribution in [0.15, 0.2) is 23.0 Å². The van der Waals surface area contributed by atoms with Crippen molar-refractivity contribution in [3.63, 3.8) is 0 Å². The van der Waals surface area contributed by atoms with Crippen molar-refractivity contribution in [2.75, 3.05) is 19.6 Å². The molecule has 12 heteroatoms. The van der Waals surface area contributed by atoms with E-state index in [1.54, 1.807) is 18.5 Å². The zero-order valence-corrected chi connectivity index (χ0v) is 23.1. The van der Waals surface area contributed by atoms with Gasteiger partial charge < -0.3 is 25.6 Å². The molecule has 0 aromatic carbocycles. The van der Waals surface area contributed by atoms with Gasteiger partial charge in [0.15, 0.2) is 5.75 Å². The average Bonchev–Trinajstić information content (AvgIpc) is 3.23. The van der Waals surface area contributed by atoms with E-state index in [4.69, 9.17) is 0 Å². The predicted octanol–water partition coefficient (Wildman–Crippen LogP) is 0.540. The minimum Gasteiger partial charge on any atom is -0.503 e. The highest BCUT2D eigenvalue weighted by atomic mass is 16.3. The van der Waals surface area contributed by atoms with Crippen molar-refractivity contribution in [1.29, 1.82) is 0 Å². The van der Waals surface area contributed by atoms with Crippen LogP contribution < -0.4 is 21.4 Å². The minimum absolute atomic E-state index is 0.0178. The van der Waals surface area contributed by atoms with Crippen molar-refractivity contribution in [2.24, 2.45) is 12.5 Å². The molecule has 5 amide bonds. The van der Waals surface area contributed by atoms with Crippen molar-refractivity contribution in [2.45, 2.75) is 65.8 Å². The number of carbonyl (C=O) groups excluding carboxylic acids is 5. The van der Waals surface area contributed by atoms with Crippen molar-refractivity contribution in [3.05, 3.63) is 39.8 Å². The summed E-state index contributed by atoms with van der Waals surface area (Å²) < 4.78 is 1.66. The number of nitrogens with zero attached hydrogens (tertiary/aromatic N) is 2. The first kappa shape index (κ1) is 31.3. The third-order valence-electron chi connectivity index (χ3n) is 7.41. The molecule has 1 aliphatic heterocycles. The summed E-state index contributed by atoms with van der Waals surface area (Å²) in [6.07, 6.45) is 4.56. The average molecular weight is 546 g/mol. The summed E-state index contributed by atoms with van der Waals surface area (Å²) in [5, 5.41) is 18.4. The van der Waals surface area contributed by atoms with Crippen LogP contribution in [0.4, 0.5) is 0 Å². The van der Waals surface area contributed by atoms with Gasteiger partial charge in [-0.3, -0.25) is 33.7 Å². The second-order valence-corrected chi connectivity index (χ2v) is 9.78. The van der Waals surface area contributed by atoms with Crippen molar-refractivity contribution >= 4 is 29.5 Å². The van der Waals surface area contributed by atoms with E-state index < -0.39 is 17.2 Å². The van der Waals surface area contributed by atoms with Gasteiger partial charge in [0.2, 0.25) is 23.2 Å². The van der Waals surface area contributed by atoms with E-state index in [-0.39, 0.29) is 67.8 Å². The van der Waals surface area contributed by atoms with Crippen LogP contribution in [0.3, 0.4) is 0 Å². The van der Waals surface area contributed by atoms with Crippen LogP contribution in [0, 0.1) is 12.3 Å². The maximum absolute atomic E-state index is 12.6. The van der Waals surface area contributed by atoms with Crippen LogP contribution >= 0.6 is 0 Å². The standard InChI is InChI=1S/C27H39N5O7/c1-5-27(6-2,12-9-21(34)29-16-19-26(39)20(33)15-18(3)31(19)4)17-30-22(35)10-13-28-23(36)11-14-32-24(37)7-8-25(32)38/h7-8,15,39H,5-6,9-14,16-17H2,1-4H3,(H,28,36)(H,29,34)(H,30,35). The number of rotatable bonds is 15. The summed E-state index contributed by atoms with van der Waals surface area (Å²) in [5.41, 5.74) is 0.215. The zero-order valence-electron chi connectivity index (χ0n) is 23.1. The molecule has 0 spiro atoms. The Morgan fingerprint density at radius 1 is 0.897 bits per heavy atom. The number of imide groups is 1. The lowest BCUT2D eigenvalue weighted by atomic mass is 9.78. The SMILES string of the molecule is CCC(CC)(CCC(=O)NCc1c(O)c(=O)cc(C)n1C)CNC(=O)CCNC(=O)CCN1C(=O)C=CC1=O. The highest BCUT2D eigenvalue weighted by molar-refractivity contribution is 6.13. The van der Waals surface area contributed by atoms with Gasteiger partial charge in [-0.05, 0) is 31.6 Å². The van der Waals surface area contributed by atoms with E-state index in [1.807, 2.05) is 13.8 Å². The normalized spacial score (nSPS) is 13.1. The second-order valence-electron chi connectivity index (χ2n) is 9.78. The molecule has 1 aromatic heterocycles. The number of amides is 5. The number of aromatic nitrogens is 1. The maximum atomic E-state index is 12.6. The van der Waals surface area contributed by atoms with Gasteiger partial charge in [0.1, 0.15) is 0 Å². The fourth-order valence-electron chi connectivity index (χ4n) is 4.31. The second kappa shape index (κ2) is 14.3. The molecule has 0 saturated heterocycles. The van der Waals surface area contributed by atoms with Crippen molar-refractivity contribution in [3.8, 4) is 5.75 Å². The Hall–Kier alpha value is -3.96. The Kier molecular flexibility index (Phi) is 11.4. The first-order valence-corrected chi connectivity index (χ1v) is 13.1. The maximum Gasteiger partial charge on any atom is 0.253 e. The number of pyridine rings is 1. The largest absolute Gasteiger partial charge is 0.503 e. The van der Waals surface area contributed by atoms with E-state index in [0.717, 1.165) is 29.9 Å². The number of aromatic hydroxyl groups is 1. The molecule has 2 rings (SSSR count). The summed E-state index contributed by atoms with van der Waals surface area (Å²) >= 11 is 0. The molecule has 0 unspecified atom stereocenters. The van der Waals surface area contributed by atoms with Crippen LogP contribution in [0.2, 0.25) is 0 Å². The predicted molar refractivity (Wildman–Crippen MR) is 143 cm³/mol. The monoisotopic (exact) mass is 545 g/mol. The smallest absolute Gasteiger partial charge is 0.253 e. The molecule has 39 heavy (non-hydrogen) atoms. The van der Waals surface area contributed by atoms with Gasteiger partial charge in [0.05, 0.1) is 12.2 Å². The first-order chi connectivity index (χ1) is 18.4. The van der Waals surface area contributed by atoms with E-state index >= 15 is 0 Å². The van der Waals surface area contributed by atoms with Crippen LogP contribution in [-0.2, 0) is 37.6 Å². The highest BCUT2D eigenvalue weighted by Gasteiger charge is 2.28. The molecule has 0 aliphatic carbocycles. The summed E-state index contributed by atoms with van der Waals surface area (Å²) in [7, 11) is 1.71. The van der Waals surface area contributed by atoms with E-state index in [2.05, 4.69) is 16.0 Å². The van der Waals surface area contributed by atoms with Gasteiger partial charge in [0.25, 0.3) is 11.8 Å². The zero-order chi connectivity index (χ0) is 29.2. The topological polar surface area (TPSA) is 167 Å². The Balaban J connectivity index is 1.74. The van der Waals surface area contributed by atoms with Gasteiger partial charge in [-0.2, -0.15) is 0 Å². The van der Waals surface area contributed by atoms with Crippen molar-refractivity contribution < 1.29 is 29.1 Å². The lowest BCUT2D eigenvalue weighted by Gasteiger charge is -2.32. The lowest BCUT2D eigenvalue weighted by Crippen LogP contribution is -2.39. The molecule has 0 bridgehead atoms. The van der Waals surface area contributed by atoms with Gasteiger partial charge >= 0.3 is 0 Å². The highest BCUT2D eigenvalue weighted by Crippen LogP contribution is 2.31. The minimum atomic E-state index is -0.492. The number of hydrogen-bond acceptors (Lipinski definition) is 7. The van der Waals surface area contributed by atoms with Gasteiger partial charge in [0, 0.05) is 69.9 Å². The molecule has 12 nitrogen and oxygen atoms in total. The summed E-state index contributed by atoms with van der Waals surface area (Å²) in [6.45, 7) is 6.24. The van der Waals surface area contributed by atoms with Gasteiger partial charge in [-0.25, -0.2) is 0 Å². The Morgan fingerprint density at radius 3 is 2.10 bits per heavy atom. The molecule has 0 radical (unpaired) electrons. The summed E-state index contributed by atoms with van der Waals surface area (Å²) in [4.78, 5) is 72.8. The van der Waals surface area contributed by atoms with E-state index in [1.165, 1.54) is 6.07 Å². The third-order valence-corrected chi connectivity index (χ3v) is 7.41. The Labute approximate surface area is 227 Å². The third kappa shape index (κ3) is 8.79. The Morgan fingerprint density at radius 2 is 1.49 bits per heavy atom. The van der Waals surface area contributed by atoms with Crippen molar-refractivity contribution in [1.82, 2.24) is 25.4 Å². The van der Waals surface area contributed by atoms with Gasteiger partial charge in [-0.15, -0.1) is 0 Å². The molecular weight excluding hydrogens is 506 g/mol. The number of carbonyl (C=O) groups is 5. The quantitative estimate of drug-likeness (QED) is 0.233. The van der Waals surface area contributed by atoms with Crippen LogP contribution in [0.25, 0.3) is 0 Å².